The number of hydrogen-bond donors (Lipinski definition) is 2. The lowest BCUT2D eigenvalue weighted by Crippen LogP contribution is -2.16. The van der Waals surface area contributed by atoms with Crippen molar-refractivity contribution in [2.24, 2.45) is 0 Å². The summed E-state index contributed by atoms with van der Waals surface area (Å²) < 4.78 is 6.60. The van der Waals surface area contributed by atoms with E-state index in [4.69, 9.17) is 4.74 Å². The van der Waals surface area contributed by atoms with Crippen LogP contribution in [0.2, 0.25) is 0 Å². The van der Waals surface area contributed by atoms with Gasteiger partial charge in [-0.2, -0.15) is 4.68 Å². The first-order valence-electron chi connectivity index (χ1n) is 9.16. The van der Waals surface area contributed by atoms with Crippen LogP contribution in [0.3, 0.4) is 0 Å². The summed E-state index contributed by atoms with van der Waals surface area (Å²) in [4.78, 5) is 13.2. The van der Waals surface area contributed by atoms with E-state index in [0.29, 0.717) is 22.9 Å². The second kappa shape index (κ2) is 8.31. The van der Waals surface area contributed by atoms with E-state index in [0.717, 1.165) is 11.4 Å². The first kappa shape index (κ1) is 18.3. The predicted octanol–water partition coefficient (Wildman–Crippen LogP) is 5.07. The molecule has 1 heterocycles. The quantitative estimate of drug-likeness (QED) is 0.486. The van der Waals surface area contributed by atoms with Gasteiger partial charge >= 0.3 is 0 Å². The predicted molar refractivity (Wildman–Crippen MR) is 114 cm³/mol. The van der Waals surface area contributed by atoms with Crippen molar-refractivity contribution in [2.45, 2.75) is 0 Å². The number of carbonyl (C=O) groups is 1. The number of nitrogens with one attached hydrogen (secondary N) is 2. The van der Waals surface area contributed by atoms with E-state index < -0.39 is 0 Å². The maximum absolute atomic E-state index is 13.2. The minimum atomic E-state index is -0.261. The van der Waals surface area contributed by atoms with Crippen LogP contribution in [0.25, 0.3) is 0 Å². The molecular weight excluding hydrogens is 364 g/mol. The number of aromatic nitrogens is 2. The highest BCUT2D eigenvalue weighted by Crippen LogP contribution is 2.24. The largest absolute Gasteiger partial charge is 0.497 e. The molecule has 0 aliphatic heterocycles. The Kier molecular flexibility index (Phi) is 5.25. The van der Waals surface area contributed by atoms with Crippen LogP contribution in [0.15, 0.2) is 91.0 Å². The molecular formula is C23H20N4O2. The van der Waals surface area contributed by atoms with Crippen LogP contribution in [0.5, 0.6) is 5.75 Å². The molecule has 0 radical (unpaired) electrons. The van der Waals surface area contributed by atoms with Gasteiger partial charge in [-0.1, -0.05) is 42.5 Å². The van der Waals surface area contributed by atoms with Crippen molar-refractivity contribution in [2.75, 3.05) is 17.7 Å². The van der Waals surface area contributed by atoms with Crippen molar-refractivity contribution in [1.29, 1.82) is 0 Å². The SMILES string of the molecule is COc1cccc(C(=O)n2nc(Nc3ccccc3)cc2Nc2ccccc2)c1. The molecule has 6 nitrogen and oxygen atoms in total. The van der Waals surface area contributed by atoms with Crippen molar-refractivity contribution in [3.05, 3.63) is 96.6 Å². The van der Waals surface area contributed by atoms with Gasteiger partial charge < -0.3 is 15.4 Å². The molecule has 3 aromatic carbocycles. The third-order valence-corrected chi connectivity index (χ3v) is 4.31. The molecule has 29 heavy (non-hydrogen) atoms. The van der Waals surface area contributed by atoms with Gasteiger partial charge in [-0.3, -0.25) is 4.79 Å². The van der Waals surface area contributed by atoms with Gasteiger partial charge in [0.05, 0.1) is 7.11 Å². The highest BCUT2D eigenvalue weighted by molar-refractivity contribution is 5.98. The van der Waals surface area contributed by atoms with Crippen molar-refractivity contribution in [3.8, 4) is 5.75 Å². The minimum Gasteiger partial charge on any atom is -0.497 e. The Hall–Kier alpha value is -4.06. The maximum atomic E-state index is 13.2. The molecule has 1 aromatic heterocycles. The zero-order valence-corrected chi connectivity index (χ0v) is 15.9. The monoisotopic (exact) mass is 384 g/mol. The third-order valence-electron chi connectivity index (χ3n) is 4.31. The molecule has 0 saturated carbocycles. The minimum absolute atomic E-state index is 0.261. The Morgan fingerprint density at radius 1 is 0.828 bits per heavy atom. The summed E-state index contributed by atoms with van der Waals surface area (Å²) >= 11 is 0. The van der Waals surface area contributed by atoms with E-state index in [1.54, 1.807) is 37.4 Å². The normalized spacial score (nSPS) is 10.4. The van der Waals surface area contributed by atoms with Gasteiger partial charge in [0.25, 0.3) is 5.91 Å². The first-order chi connectivity index (χ1) is 14.2. The van der Waals surface area contributed by atoms with Crippen molar-refractivity contribution in [3.63, 3.8) is 0 Å². The molecule has 2 N–H and O–H groups in total. The van der Waals surface area contributed by atoms with Gasteiger partial charge in [-0.15, -0.1) is 5.10 Å². The Bertz CT molecular complexity index is 1110. The van der Waals surface area contributed by atoms with Crippen LogP contribution >= 0.6 is 0 Å². The summed E-state index contributed by atoms with van der Waals surface area (Å²) in [6.45, 7) is 0. The Morgan fingerprint density at radius 3 is 2.14 bits per heavy atom. The van der Waals surface area contributed by atoms with E-state index in [2.05, 4.69) is 15.7 Å². The van der Waals surface area contributed by atoms with Crippen LogP contribution in [0.1, 0.15) is 10.4 Å². The smallest absolute Gasteiger partial charge is 0.280 e. The fourth-order valence-electron chi connectivity index (χ4n) is 2.90. The van der Waals surface area contributed by atoms with Crippen LogP contribution < -0.4 is 15.4 Å². The second-order valence-corrected chi connectivity index (χ2v) is 6.35. The fraction of sp³-hybridized carbons (Fsp3) is 0.0435. The van der Waals surface area contributed by atoms with Crippen LogP contribution in [0.4, 0.5) is 23.0 Å². The zero-order valence-electron chi connectivity index (χ0n) is 15.9. The molecule has 4 aromatic rings. The van der Waals surface area contributed by atoms with Gasteiger partial charge in [0.2, 0.25) is 0 Å². The van der Waals surface area contributed by atoms with Gasteiger partial charge in [0.1, 0.15) is 11.6 Å². The lowest BCUT2D eigenvalue weighted by molar-refractivity contribution is 0.0948. The van der Waals surface area contributed by atoms with E-state index in [1.807, 2.05) is 60.7 Å². The van der Waals surface area contributed by atoms with E-state index in [1.165, 1.54) is 4.68 Å². The summed E-state index contributed by atoms with van der Waals surface area (Å²) in [5.74, 6) is 1.47. The van der Waals surface area contributed by atoms with Crippen molar-refractivity contribution >= 4 is 28.9 Å². The first-order valence-corrected chi connectivity index (χ1v) is 9.16. The number of hydrogen-bond acceptors (Lipinski definition) is 5. The van der Waals surface area contributed by atoms with Gasteiger partial charge in [-0.25, -0.2) is 0 Å². The molecule has 0 spiro atoms. The van der Waals surface area contributed by atoms with Crippen LogP contribution in [0, 0.1) is 0 Å². The molecule has 144 valence electrons. The number of para-hydroxylation sites is 2. The number of benzene rings is 3. The summed E-state index contributed by atoms with van der Waals surface area (Å²) in [7, 11) is 1.57. The number of anilines is 4. The average Bonchev–Trinajstić information content (AvgIpc) is 3.16. The van der Waals surface area contributed by atoms with Crippen LogP contribution in [-0.2, 0) is 0 Å². The lowest BCUT2D eigenvalue weighted by atomic mass is 10.2. The standard InChI is InChI=1S/C23H20N4O2/c1-29-20-14-8-9-17(15-20)23(28)27-22(25-19-12-6-3-7-13-19)16-21(26-27)24-18-10-4-2-5-11-18/h2-16,25H,1H3,(H,24,26). The Morgan fingerprint density at radius 2 is 1.48 bits per heavy atom. The zero-order chi connectivity index (χ0) is 20.1. The van der Waals surface area contributed by atoms with Crippen LogP contribution in [-0.4, -0.2) is 22.8 Å². The second-order valence-electron chi connectivity index (χ2n) is 6.35. The maximum Gasteiger partial charge on any atom is 0.280 e. The van der Waals surface area contributed by atoms with E-state index in [-0.39, 0.29) is 5.91 Å². The molecule has 0 aliphatic carbocycles. The molecule has 4 rings (SSSR count). The molecule has 0 aliphatic rings. The summed E-state index contributed by atoms with van der Waals surface area (Å²) in [6, 6.07) is 28.1. The summed E-state index contributed by atoms with van der Waals surface area (Å²) in [5, 5.41) is 11.0. The molecule has 0 unspecified atom stereocenters. The molecule has 0 bridgehead atoms. The number of carbonyl (C=O) groups excluding carboxylic acids is 1. The molecule has 0 amide bonds. The number of methoxy groups -OCH3 is 1. The van der Waals surface area contributed by atoms with E-state index >= 15 is 0 Å². The van der Waals surface area contributed by atoms with Crippen molar-refractivity contribution < 1.29 is 9.53 Å². The number of nitrogens with zero attached hydrogens (tertiary/aromatic N) is 2. The van der Waals surface area contributed by atoms with Crippen molar-refractivity contribution in [1.82, 2.24) is 9.78 Å². The number of rotatable bonds is 6. The highest BCUT2D eigenvalue weighted by Gasteiger charge is 2.17. The number of ether oxygens (including phenoxy) is 1. The Labute approximate surface area is 168 Å². The molecule has 0 atom stereocenters. The third kappa shape index (κ3) is 4.27. The lowest BCUT2D eigenvalue weighted by Gasteiger charge is -2.09. The van der Waals surface area contributed by atoms with E-state index in [9.17, 15) is 4.79 Å². The summed E-state index contributed by atoms with van der Waals surface area (Å²) in [5.41, 5.74) is 2.23. The topological polar surface area (TPSA) is 68.2 Å². The summed E-state index contributed by atoms with van der Waals surface area (Å²) in [6.07, 6.45) is 0. The van der Waals surface area contributed by atoms with Gasteiger partial charge in [0.15, 0.2) is 5.82 Å². The fourth-order valence-corrected chi connectivity index (χ4v) is 2.90. The Balaban J connectivity index is 1.70. The average molecular weight is 384 g/mol. The van der Waals surface area contributed by atoms with Gasteiger partial charge in [-0.05, 0) is 42.5 Å². The highest BCUT2D eigenvalue weighted by atomic mass is 16.5. The molecule has 0 fully saturated rings. The molecule has 6 heteroatoms. The van der Waals surface area contributed by atoms with Gasteiger partial charge in [0, 0.05) is 23.0 Å². The molecule has 0 saturated heterocycles.